The summed E-state index contributed by atoms with van der Waals surface area (Å²) in [6.07, 6.45) is 0. The Bertz CT molecular complexity index is 1520. The Morgan fingerprint density at radius 2 is 0.895 bits per heavy atom. The van der Waals surface area contributed by atoms with Gasteiger partial charge in [-0.05, 0) is 22.6 Å². The van der Waals surface area contributed by atoms with Crippen LogP contribution in [0.5, 0.6) is 0 Å². The maximum Gasteiger partial charge on any atom is -1.00 e. The summed E-state index contributed by atoms with van der Waals surface area (Å²) in [4.78, 5) is 0. The fourth-order valence-corrected chi connectivity index (χ4v) is 4.64. The summed E-state index contributed by atoms with van der Waals surface area (Å²) in [6.45, 7) is 13.6. The molecule has 196 valence electrons. The van der Waals surface area contributed by atoms with Crippen molar-refractivity contribution in [2.75, 3.05) is 0 Å². The number of benzene rings is 4. The fraction of sp³-hybridized carbons (Fsp3) is 0.235. The van der Waals surface area contributed by atoms with E-state index in [9.17, 15) is 0 Å². The van der Waals surface area contributed by atoms with Crippen LogP contribution in [-0.2, 0) is 23.0 Å². The molecule has 6 aromatic carbocycles. The molecular weight excluding hydrogens is 686 g/mol. The van der Waals surface area contributed by atoms with Crippen LogP contribution in [0, 0.1) is 0 Å². The maximum atomic E-state index is 2.34. The summed E-state index contributed by atoms with van der Waals surface area (Å²) in [7, 11) is 0. The summed E-state index contributed by atoms with van der Waals surface area (Å²) in [5.41, 5.74) is 3.13. The van der Waals surface area contributed by atoms with Crippen molar-refractivity contribution in [3.05, 3.63) is 108 Å². The van der Waals surface area contributed by atoms with Crippen LogP contribution >= 0.6 is 0 Å². The Labute approximate surface area is 255 Å². The van der Waals surface area contributed by atoms with Crippen molar-refractivity contribution in [3.8, 4) is 0 Å². The molecular formula is C34H36Cl2HfSi-2. The van der Waals surface area contributed by atoms with Gasteiger partial charge in [-0.2, -0.15) is 12.1 Å². The van der Waals surface area contributed by atoms with E-state index in [1.807, 2.05) is 0 Å². The largest absolute Gasteiger partial charge is 1.00 e. The molecule has 0 aliphatic rings. The molecule has 0 fully saturated rings. The predicted molar refractivity (Wildman–Crippen MR) is 160 cm³/mol. The summed E-state index contributed by atoms with van der Waals surface area (Å²) >= 11 is 1.45. The molecule has 0 amide bonds. The van der Waals surface area contributed by atoms with Crippen LogP contribution in [0.1, 0.15) is 50.7 Å². The van der Waals surface area contributed by atoms with Gasteiger partial charge in [-0.25, -0.2) is 0 Å². The van der Waals surface area contributed by atoms with Gasteiger partial charge >= 0.3 is 41.6 Å². The van der Waals surface area contributed by atoms with Crippen LogP contribution in [0.25, 0.3) is 43.1 Å². The Balaban J connectivity index is 0.000000224. The molecule has 6 rings (SSSR count). The van der Waals surface area contributed by atoms with E-state index in [1.54, 1.807) is 0 Å². The van der Waals surface area contributed by atoms with E-state index in [2.05, 4.69) is 138 Å². The van der Waals surface area contributed by atoms with E-state index in [1.165, 1.54) is 77.2 Å². The molecule has 0 spiro atoms. The molecule has 0 aliphatic carbocycles. The van der Waals surface area contributed by atoms with Crippen molar-refractivity contribution in [1.82, 2.24) is 0 Å². The molecule has 38 heavy (non-hydrogen) atoms. The molecule has 0 saturated heterocycles. The van der Waals surface area contributed by atoms with Crippen LogP contribution in [-0.4, -0.2) is 5.49 Å². The molecule has 4 heteroatoms. The van der Waals surface area contributed by atoms with Crippen molar-refractivity contribution in [1.29, 1.82) is 0 Å². The zero-order valence-corrected chi connectivity index (χ0v) is 29.3. The van der Waals surface area contributed by atoms with E-state index in [4.69, 9.17) is 0 Å². The summed E-state index contributed by atoms with van der Waals surface area (Å²) in [5.74, 6) is 1.21. The summed E-state index contributed by atoms with van der Waals surface area (Å²) in [5, 5.41) is 10.9. The van der Waals surface area contributed by atoms with Gasteiger partial charge < -0.3 is 24.8 Å². The first-order chi connectivity index (χ1) is 17.2. The van der Waals surface area contributed by atoms with Gasteiger partial charge in [0, 0.05) is 0 Å². The average molecular weight is 722 g/mol. The first-order valence-corrected chi connectivity index (χ1v) is 20.8. The van der Waals surface area contributed by atoms with Gasteiger partial charge in [0.15, 0.2) is 0 Å². The Kier molecular flexibility index (Phi) is 12.5. The topological polar surface area (TPSA) is 0 Å². The molecule has 0 atom stereocenters. The number of hydrogen-bond donors (Lipinski definition) is 0. The van der Waals surface area contributed by atoms with E-state index in [-0.39, 0.29) is 30.3 Å². The zero-order chi connectivity index (χ0) is 25.8. The average Bonchev–Trinajstić information content (AvgIpc) is 3.49. The van der Waals surface area contributed by atoms with Crippen molar-refractivity contribution < 1.29 is 47.8 Å². The molecule has 0 aromatic heterocycles. The first kappa shape index (κ1) is 32.5. The smallest absolute Gasteiger partial charge is 1.00 e. The van der Waals surface area contributed by atoms with E-state index in [0.717, 1.165) is 0 Å². The Morgan fingerprint density at radius 3 is 1.24 bits per heavy atom. The molecule has 0 N–H and O–H groups in total. The molecule has 0 nitrogen and oxygen atoms in total. The van der Waals surface area contributed by atoms with Crippen molar-refractivity contribution in [2.45, 2.75) is 52.6 Å². The predicted octanol–water partition coefficient (Wildman–Crippen LogP) is 4.46. The normalized spacial score (nSPS) is 10.6. The quantitative estimate of drug-likeness (QED) is 0.183. The third-order valence-corrected chi connectivity index (χ3v) is 6.61. The van der Waals surface area contributed by atoms with Crippen LogP contribution in [0.4, 0.5) is 0 Å². The van der Waals surface area contributed by atoms with Gasteiger partial charge in [0.05, 0.1) is 0 Å². The van der Waals surface area contributed by atoms with Crippen LogP contribution < -0.4 is 24.8 Å². The first-order valence-electron chi connectivity index (χ1n) is 12.9. The summed E-state index contributed by atoms with van der Waals surface area (Å²) < 4.78 is 0. The SMILES string of the molecule is CC(C)c1cc2c(ccc3ccccc32)[cH-]1.CC(C)c1cc2c(ccc3ccccc32)[cH-]1.C[Si](C)=[Hf+2].[Cl-].[Cl-]. The Hall–Kier alpha value is -1.71. The second-order valence-corrected chi connectivity index (χ2v) is 23.2. The second-order valence-electron chi connectivity index (χ2n) is 10.5. The third kappa shape index (κ3) is 7.69. The number of rotatable bonds is 2. The molecule has 0 aliphatic heterocycles. The number of fused-ring (bicyclic) bond motifs is 6. The van der Waals surface area contributed by atoms with Gasteiger partial charge in [0.1, 0.15) is 0 Å². The standard InChI is InChI=1S/2C16H15.C2H6Si.2ClH.Hf/c2*1-11(2)14-9-13-8-7-12-5-3-4-6-15(12)16(13)10-14;1-3-2;;;/h2*3-11H,1-2H3;1-2H3;2*1H;/q2*-1;;;;+2/p-2. The van der Waals surface area contributed by atoms with Crippen molar-refractivity contribution >= 4 is 48.6 Å². The minimum Gasteiger partial charge on any atom is -1.00 e. The van der Waals surface area contributed by atoms with Crippen molar-refractivity contribution in [2.24, 2.45) is 0 Å². The molecule has 0 saturated carbocycles. The monoisotopic (exact) mass is 722 g/mol. The van der Waals surface area contributed by atoms with Crippen molar-refractivity contribution in [3.63, 3.8) is 0 Å². The van der Waals surface area contributed by atoms with Crippen LogP contribution in [0.2, 0.25) is 13.1 Å². The van der Waals surface area contributed by atoms with Gasteiger partial charge in [-0.3, -0.25) is 0 Å². The number of hydrogen-bond acceptors (Lipinski definition) is 0. The van der Waals surface area contributed by atoms with Gasteiger partial charge in [-0.15, -0.1) is 56.9 Å². The van der Waals surface area contributed by atoms with Gasteiger partial charge in [0.2, 0.25) is 0 Å². The van der Waals surface area contributed by atoms with E-state index < -0.39 is 0 Å². The molecule has 0 radical (unpaired) electrons. The molecule has 0 unspecified atom stereocenters. The van der Waals surface area contributed by atoms with Crippen LogP contribution in [0.3, 0.4) is 0 Å². The Morgan fingerprint density at radius 1 is 0.553 bits per heavy atom. The molecule has 6 aromatic rings. The minimum atomic E-state index is 0. The molecule has 0 bridgehead atoms. The van der Waals surface area contributed by atoms with Gasteiger partial charge in [0.25, 0.3) is 0 Å². The summed E-state index contributed by atoms with van der Waals surface area (Å²) in [6, 6.07) is 35.4. The van der Waals surface area contributed by atoms with E-state index in [0.29, 0.717) is 11.8 Å². The zero-order valence-electron chi connectivity index (χ0n) is 23.1. The second kappa shape index (κ2) is 14.6. The number of halogens is 2. The van der Waals surface area contributed by atoms with Gasteiger partial charge in [-0.1, -0.05) is 99.1 Å². The molecule has 0 heterocycles. The third-order valence-electron chi connectivity index (χ3n) is 6.61. The van der Waals surface area contributed by atoms with E-state index >= 15 is 0 Å². The maximum absolute atomic E-state index is 2.34. The fourth-order valence-electron chi connectivity index (χ4n) is 4.64. The van der Waals surface area contributed by atoms with Crippen LogP contribution in [0.15, 0.2) is 97.1 Å². The minimum absolute atomic E-state index is 0.